The first-order valence-corrected chi connectivity index (χ1v) is 11.2. The molecule has 6 atom stereocenters. The molecule has 168 valence electrons. The van der Waals surface area contributed by atoms with E-state index >= 15 is 0 Å². The fourth-order valence-corrected chi connectivity index (χ4v) is 5.78. The van der Waals surface area contributed by atoms with Crippen molar-refractivity contribution in [2.24, 2.45) is 11.8 Å². The zero-order chi connectivity index (χ0) is 22.7. The number of hydrogen-bond donors (Lipinski definition) is 3. The third-order valence-corrected chi connectivity index (χ3v) is 7.62. The van der Waals surface area contributed by atoms with Crippen LogP contribution in [0, 0.1) is 25.7 Å². The van der Waals surface area contributed by atoms with Crippen molar-refractivity contribution in [2.45, 2.75) is 49.7 Å². The Morgan fingerprint density at radius 3 is 2.48 bits per heavy atom. The third kappa shape index (κ3) is 3.28. The van der Waals surface area contributed by atoms with E-state index in [1.807, 2.05) is 6.92 Å². The third-order valence-electron chi connectivity index (χ3n) is 6.31. The summed E-state index contributed by atoms with van der Waals surface area (Å²) in [6.45, 7) is 4.28. The average Bonchev–Trinajstić information content (AvgIpc) is 3.11. The zero-order valence-corrected chi connectivity index (χ0v) is 18.0. The Bertz CT molecular complexity index is 1220. The molecule has 2 aromatic rings. The number of aliphatic hydroxyl groups excluding tert-OH is 2. The molecule has 2 fully saturated rings. The first-order chi connectivity index (χ1) is 14.5. The summed E-state index contributed by atoms with van der Waals surface area (Å²) in [4.78, 5) is 26.2. The van der Waals surface area contributed by atoms with Gasteiger partial charge in [0.15, 0.2) is 0 Å². The molecule has 0 unspecified atom stereocenters. The molecule has 0 amide bonds. The highest BCUT2D eigenvalue weighted by atomic mass is 32.2. The van der Waals surface area contributed by atoms with E-state index in [2.05, 4.69) is 4.98 Å². The molecule has 10 nitrogen and oxygen atoms in total. The molecular formula is C20H24N2O8S. The maximum Gasteiger partial charge on any atom is 0.330 e. The highest BCUT2D eigenvalue weighted by Gasteiger charge is 2.70. The number of benzene rings is 1. The number of aryl methyl sites for hydroxylation is 2. The van der Waals surface area contributed by atoms with Crippen LogP contribution >= 0.6 is 0 Å². The Balaban J connectivity index is 1.70. The number of aliphatic hydroxyl groups is 2. The molecule has 3 N–H and O–H groups in total. The molecular weight excluding hydrogens is 428 g/mol. The van der Waals surface area contributed by atoms with Crippen LogP contribution in [-0.2, 0) is 19.0 Å². The molecule has 1 aliphatic heterocycles. The SMILES string of the molecule is Cc1ccc(S(=O)(=O)O[C@H]2[C@@H](C)[C@H]3[C@H](n4cc(C)c(=O)[nH]c4=O)O[C@]2(CO)[C@H]3O)cc1. The molecule has 1 aliphatic carbocycles. The highest BCUT2D eigenvalue weighted by Crippen LogP contribution is 2.56. The molecule has 1 saturated heterocycles. The monoisotopic (exact) mass is 452 g/mol. The van der Waals surface area contributed by atoms with Crippen molar-refractivity contribution >= 4 is 10.1 Å². The number of nitrogens with zero attached hydrogens (tertiary/aromatic N) is 1. The Labute approximate surface area is 178 Å². The van der Waals surface area contributed by atoms with Crippen molar-refractivity contribution in [1.29, 1.82) is 0 Å². The van der Waals surface area contributed by atoms with Crippen LogP contribution < -0.4 is 11.2 Å². The summed E-state index contributed by atoms with van der Waals surface area (Å²) in [5.41, 5.74) is -1.88. The van der Waals surface area contributed by atoms with E-state index in [0.29, 0.717) is 0 Å². The topological polar surface area (TPSA) is 148 Å². The minimum atomic E-state index is -4.21. The quantitative estimate of drug-likeness (QED) is 0.529. The van der Waals surface area contributed by atoms with E-state index in [-0.39, 0.29) is 10.5 Å². The average molecular weight is 452 g/mol. The van der Waals surface area contributed by atoms with Crippen molar-refractivity contribution in [3.05, 3.63) is 62.4 Å². The number of aromatic amines is 1. The van der Waals surface area contributed by atoms with E-state index in [0.717, 1.165) is 10.1 Å². The summed E-state index contributed by atoms with van der Waals surface area (Å²) in [6.07, 6.45) is -2.17. The fourth-order valence-electron chi connectivity index (χ4n) is 4.59. The number of aromatic nitrogens is 2. The number of nitrogens with one attached hydrogen (secondary N) is 1. The maximum absolute atomic E-state index is 12.8. The van der Waals surface area contributed by atoms with E-state index in [4.69, 9.17) is 8.92 Å². The highest BCUT2D eigenvalue weighted by molar-refractivity contribution is 7.86. The van der Waals surface area contributed by atoms with Crippen LogP contribution in [0.2, 0.25) is 0 Å². The van der Waals surface area contributed by atoms with Gasteiger partial charge in [-0.2, -0.15) is 8.42 Å². The summed E-state index contributed by atoms with van der Waals surface area (Å²) in [7, 11) is -4.21. The lowest BCUT2D eigenvalue weighted by molar-refractivity contribution is -0.197. The molecule has 1 aromatic heterocycles. The molecule has 2 aliphatic rings. The first-order valence-electron chi connectivity index (χ1n) is 9.80. The summed E-state index contributed by atoms with van der Waals surface area (Å²) in [6, 6.07) is 6.09. The molecule has 1 saturated carbocycles. The number of rotatable bonds is 5. The van der Waals surface area contributed by atoms with Gasteiger partial charge in [0.05, 0.1) is 17.6 Å². The van der Waals surface area contributed by atoms with Crippen LogP contribution in [0.3, 0.4) is 0 Å². The smallest absolute Gasteiger partial charge is 0.330 e. The van der Waals surface area contributed by atoms with Crippen LogP contribution in [0.4, 0.5) is 0 Å². The van der Waals surface area contributed by atoms with Gasteiger partial charge in [0.25, 0.3) is 15.7 Å². The van der Waals surface area contributed by atoms with Crippen molar-refractivity contribution in [1.82, 2.24) is 9.55 Å². The van der Waals surface area contributed by atoms with Crippen LogP contribution in [0.1, 0.15) is 24.3 Å². The van der Waals surface area contributed by atoms with Crippen molar-refractivity contribution in [3.8, 4) is 0 Å². The van der Waals surface area contributed by atoms with Crippen molar-refractivity contribution in [3.63, 3.8) is 0 Å². The molecule has 4 rings (SSSR count). The lowest BCUT2D eigenvalue weighted by atomic mass is 9.92. The first kappa shape index (κ1) is 21.9. The molecule has 31 heavy (non-hydrogen) atoms. The Morgan fingerprint density at radius 2 is 1.87 bits per heavy atom. The standard InChI is InChI=1S/C20H24N2O8S/c1-10-4-6-13(7-5-10)31(27,28)30-16-12(3)14-15(24)20(16,9-23)29-18(14)22-8-11(2)17(25)21-19(22)26/h4-8,12,14-16,18,23-24H,9H2,1-3H3,(H,21,25,26)/t12-,14+,15-,16-,18+,20+/m0/s1. The van der Waals surface area contributed by atoms with Crippen molar-refractivity contribution in [2.75, 3.05) is 6.61 Å². The second kappa shape index (κ2) is 7.38. The van der Waals surface area contributed by atoms with Gasteiger partial charge in [0.1, 0.15) is 17.9 Å². The lowest BCUT2D eigenvalue weighted by Crippen LogP contribution is -2.54. The van der Waals surface area contributed by atoms with Crippen LogP contribution in [-0.4, -0.2) is 52.6 Å². The van der Waals surface area contributed by atoms with Gasteiger partial charge < -0.3 is 14.9 Å². The Kier molecular flexibility index (Phi) is 5.22. The maximum atomic E-state index is 12.8. The van der Waals surface area contributed by atoms with Crippen LogP contribution in [0.25, 0.3) is 0 Å². The van der Waals surface area contributed by atoms with E-state index < -0.39 is 63.8 Å². The molecule has 2 bridgehead atoms. The van der Waals surface area contributed by atoms with Crippen LogP contribution in [0.5, 0.6) is 0 Å². The van der Waals surface area contributed by atoms with Crippen LogP contribution in [0.15, 0.2) is 44.9 Å². The second-order valence-electron chi connectivity index (χ2n) is 8.27. The Hall–Kier alpha value is -2.31. The number of ether oxygens (including phenoxy) is 1. The van der Waals surface area contributed by atoms with Gasteiger partial charge in [-0.3, -0.25) is 18.5 Å². The largest absolute Gasteiger partial charge is 0.393 e. The van der Waals surface area contributed by atoms with Gasteiger partial charge in [-0.25, -0.2) is 4.79 Å². The number of hydrogen-bond acceptors (Lipinski definition) is 8. The minimum absolute atomic E-state index is 0.0559. The number of fused-ring (bicyclic) bond motifs is 2. The summed E-state index contributed by atoms with van der Waals surface area (Å²) >= 11 is 0. The predicted octanol–water partition coefficient (Wildman–Crippen LogP) is -0.186. The summed E-state index contributed by atoms with van der Waals surface area (Å²) < 4.78 is 38.2. The van der Waals surface area contributed by atoms with E-state index in [9.17, 15) is 28.2 Å². The van der Waals surface area contributed by atoms with E-state index in [1.54, 1.807) is 19.1 Å². The van der Waals surface area contributed by atoms with Gasteiger partial charge in [-0.05, 0) is 31.9 Å². The van der Waals surface area contributed by atoms with Gasteiger partial charge in [0, 0.05) is 17.7 Å². The second-order valence-corrected chi connectivity index (χ2v) is 9.84. The Morgan fingerprint density at radius 1 is 1.23 bits per heavy atom. The van der Waals surface area contributed by atoms with E-state index in [1.165, 1.54) is 25.3 Å². The molecule has 1 aromatic carbocycles. The van der Waals surface area contributed by atoms with Gasteiger partial charge in [0.2, 0.25) is 0 Å². The van der Waals surface area contributed by atoms with Gasteiger partial charge in [-0.15, -0.1) is 0 Å². The molecule has 0 radical (unpaired) electrons. The van der Waals surface area contributed by atoms with Crippen molar-refractivity contribution < 1.29 is 27.6 Å². The predicted molar refractivity (Wildman–Crippen MR) is 108 cm³/mol. The fraction of sp³-hybridized carbons (Fsp3) is 0.500. The lowest BCUT2D eigenvalue weighted by Gasteiger charge is -2.39. The number of H-pyrrole nitrogens is 1. The molecule has 0 spiro atoms. The normalized spacial score (nSPS) is 32.5. The van der Waals surface area contributed by atoms with Gasteiger partial charge in [-0.1, -0.05) is 24.6 Å². The minimum Gasteiger partial charge on any atom is -0.393 e. The summed E-state index contributed by atoms with van der Waals surface area (Å²) in [5.74, 6) is -1.35. The molecule has 11 heteroatoms. The molecule has 2 heterocycles. The van der Waals surface area contributed by atoms with Gasteiger partial charge >= 0.3 is 5.69 Å². The zero-order valence-electron chi connectivity index (χ0n) is 17.2. The summed E-state index contributed by atoms with van der Waals surface area (Å²) in [5, 5.41) is 21.1.